The van der Waals surface area contributed by atoms with Gasteiger partial charge in [-0.2, -0.15) is 0 Å². The summed E-state index contributed by atoms with van der Waals surface area (Å²) in [7, 11) is 1.91. The van der Waals surface area contributed by atoms with Gasteiger partial charge in [-0.25, -0.2) is 0 Å². The first-order valence-electron chi connectivity index (χ1n) is 7.17. The summed E-state index contributed by atoms with van der Waals surface area (Å²) in [6, 6.07) is 7.97. The number of carbonyl (C=O) groups is 1. The molecular formula is C16H26N2O2. The Hall–Kier alpha value is -1.39. The number of nitrogens with zero attached hydrogens (tertiary/aromatic N) is 1. The van der Waals surface area contributed by atoms with Crippen LogP contribution in [0.25, 0.3) is 0 Å². The van der Waals surface area contributed by atoms with E-state index in [2.05, 4.69) is 12.2 Å². The zero-order valence-electron chi connectivity index (χ0n) is 12.9. The van der Waals surface area contributed by atoms with Crippen LogP contribution in [0.1, 0.15) is 37.9 Å². The molecule has 112 valence electrons. The van der Waals surface area contributed by atoms with Crippen LogP contribution in [0.3, 0.4) is 0 Å². The van der Waals surface area contributed by atoms with Crippen molar-refractivity contribution in [3.05, 3.63) is 35.4 Å². The molecule has 1 atom stereocenters. The molecule has 4 heteroatoms. The molecule has 1 aromatic rings. The van der Waals surface area contributed by atoms with Crippen molar-refractivity contribution in [2.75, 3.05) is 20.2 Å². The predicted molar refractivity (Wildman–Crippen MR) is 81.6 cm³/mol. The Kier molecular flexibility index (Phi) is 6.68. The van der Waals surface area contributed by atoms with E-state index in [0.29, 0.717) is 12.6 Å². The van der Waals surface area contributed by atoms with E-state index < -0.39 is 0 Å². The summed E-state index contributed by atoms with van der Waals surface area (Å²) in [6.07, 6.45) is 0.982. The van der Waals surface area contributed by atoms with Crippen molar-refractivity contribution in [3.8, 4) is 0 Å². The van der Waals surface area contributed by atoms with Crippen LogP contribution in [-0.2, 0) is 11.2 Å². The number of aliphatic hydroxyl groups excluding tert-OH is 1. The van der Waals surface area contributed by atoms with Crippen LogP contribution in [-0.4, -0.2) is 42.2 Å². The lowest BCUT2D eigenvalue weighted by molar-refractivity contribution is -0.123. The first-order valence-corrected chi connectivity index (χ1v) is 7.17. The minimum atomic E-state index is -0.339. The monoisotopic (exact) mass is 278 g/mol. The lowest BCUT2D eigenvalue weighted by Gasteiger charge is -2.23. The second-order valence-corrected chi connectivity index (χ2v) is 5.41. The average Bonchev–Trinajstić information content (AvgIpc) is 2.44. The van der Waals surface area contributed by atoms with E-state index >= 15 is 0 Å². The summed E-state index contributed by atoms with van der Waals surface area (Å²) < 4.78 is 0. The molecule has 20 heavy (non-hydrogen) atoms. The van der Waals surface area contributed by atoms with Gasteiger partial charge in [0.25, 0.3) is 0 Å². The summed E-state index contributed by atoms with van der Waals surface area (Å²) >= 11 is 0. The number of aryl methyl sites for hydroxylation is 1. The lowest BCUT2D eigenvalue weighted by Crippen LogP contribution is -2.40. The van der Waals surface area contributed by atoms with Gasteiger partial charge in [0.2, 0.25) is 5.91 Å². The first kappa shape index (κ1) is 16.7. The van der Waals surface area contributed by atoms with Crippen LogP contribution >= 0.6 is 0 Å². The standard InChI is InChI=1S/C16H26N2O2/c1-5-13-6-8-14(9-7-13)15(11-19)17-16(20)10-18(4)12(2)3/h6-9,12,15,19H,5,10-11H2,1-4H3,(H,17,20). The molecule has 4 nitrogen and oxygen atoms in total. The van der Waals surface area contributed by atoms with Crippen LogP contribution < -0.4 is 5.32 Å². The van der Waals surface area contributed by atoms with Gasteiger partial charge in [-0.3, -0.25) is 9.69 Å². The minimum Gasteiger partial charge on any atom is -0.394 e. The van der Waals surface area contributed by atoms with Gasteiger partial charge >= 0.3 is 0 Å². The number of hydrogen-bond donors (Lipinski definition) is 2. The van der Waals surface area contributed by atoms with Gasteiger partial charge in [0, 0.05) is 6.04 Å². The second kappa shape index (κ2) is 8.02. The molecule has 0 saturated carbocycles. The summed E-state index contributed by atoms with van der Waals surface area (Å²) in [5, 5.41) is 12.3. The smallest absolute Gasteiger partial charge is 0.234 e. The average molecular weight is 278 g/mol. The number of amides is 1. The van der Waals surface area contributed by atoms with E-state index in [4.69, 9.17) is 0 Å². The van der Waals surface area contributed by atoms with Gasteiger partial charge in [-0.05, 0) is 38.4 Å². The van der Waals surface area contributed by atoms with Gasteiger partial charge < -0.3 is 10.4 Å². The van der Waals surface area contributed by atoms with Gasteiger partial charge in [0.15, 0.2) is 0 Å². The number of carbonyl (C=O) groups excluding carboxylic acids is 1. The maximum absolute atomic E-state index is 12.0. The summed E-state index contributed by atoms with van der Waals surface area (Å²) in [5.74, 6) is -0.0696. The number of benzene rings is 1. The van der Waals surface area contributed by atoms with E-state index in [-0.39, 0.29) is 18.6 Å². The Balaban J connectivity index is 2.64. The Morgan fingerprint density at radius 2 is 1.90 bits per heavy atom. The molecule has 0 aromatic heterocycles. The highest BCUT2D eigenvalue weighted by Crippen LogP contribution is 2.14. The van der Waals surface area contributed by atoms with E-state index in [0.717, 1.165) is 12.0 Å². The molecule has 0 spiro atoms. The van der Waals surface area contributed by atoms with Gasteiger partial charge in [-0.1, -0.05) is 31.2 Å². The zero-order chi connectivity index (χ0) is 15.1. The van der Waals surface area contributed by atoms with Gasteiger partial charge in [-0.15, -0.1) is 0 Å². The van der Waals surface area contributed by atoms with E-state index in [1.165, 1.54) is 5.56 Å². The van der Waals surface area contributed by atoms with Crippen LogP contribution in [0.15, 0.2) is 24.3 Å². The van der Waals surface area contributed by atoms with Crippen molar-refractivity contribution >= 4 is 5.91 Å². The minimum absolute atomic E-state index is 0.0696. The molecule has 0 saturated heterocycles. The predicted octanol–water partition coefficient (Wildman–Crippen LogP) is 1.74. The van der Waals surface area contributed by atoms with Crippen molar-refractivity contribution in [2.24, 2.45) is 0 Å². The fourth-order valence-corrected chi connectivity index (χ4v) is 1.87. The molecule has 0 aliphatic heterocycles. The third-order valence-electron chi connectivity index (χ3n) is 3.58. The van der Waals surface area contributed by atoms with Crippen LogP contribution in [0, 0.1) is 0 Å². The van der Waals surface area contributed by atoms with Crippen LogP contribution in [0.4, 0.5) is 0 Å². The van der Waals surface area contributed by atoms with Crippen molar-refractivity contribution in [3.63, 3.8) is 0 Å². The molecule has 0 radical (unpaired) electrons. The molecular weight excluding hydrogens is 252 g/mol. The summed E-state index contributed by atoms with van der Waals surface area (Å²) in [4.78, 5) is 13.9. The Morgan fingerprint density at radius 3 is 2.35 bits per heavy atom. The number of aliphatic hydroxyl groups is 1. The number of likely N-dealkylation sites (N-methyl/N-ethyl adjacent to an activating group) is 1. The second-order valence-electron chi connectivity index (χ2n) is 5.41. The molecule has 0 aliphatic rings. The summed E-state index contributed by atoms with van der Waals surface area (Å²) in [6.45, 7) is 6.42. The zero-order valence-corrected chi connectivity index (χ0v) is 12.9. The van der Waals surface area contributed by atoms with Gasteiger partial charge in [0.1, 0.15) is 0 Å². The normalized spacial score (nSPS) is 12.8. The van der Waals surface area contributed by atoms with Crippen LogP contribution in [0.2, 0.25) is 0 Å². The maximum atomic E-state index is 12.0. The lowest BCUT2D eigenvalue weighted by atomic mass is 10.0. The fraction of sp³-hybridized carbons (Fsp3) is 0.562. The highest BCUT2D eigenvalue weighted by molar-refractivity contribution is 5.78. The SMILES string of the molecule is CCc1ccc(C(CO)NC(=O)CN(C)C(C)C)cc1. The fourth-order valence-electron chi connectivity index (χ4n) is 1.87. The van der Waals surface area contributed by atoms with Crippen molar-refractivity contribution in [2.45, 2.75) is 39.3 Å². The molecule has 0 heterocycles. The van der Waals surface area contributed by atoms with Gasteiger partial charge in [0.05, 0.1) is 19.2 Å². The molecule has 0 aliphatic carbocycles. The molecule has 1 aromatic carbocycles. The third-order valence-corrected chi connectivity index (χ3v) is 3.58. The quantitative estimate of drug-likeness (QED) is 0.799. The Labute approximate surface area is 121 Å². The highest BCUT2D eigenvalue weighted by atomic mass is 16.3. The summed E-state index contributed by atoms with van der Waals surface area (Å²) in [5.41, 5.74) is 2.18. The number of rotatable bonds is 7. The Morgan fingerprint density at radius 1 is 1.30 bits per heavy atom. The molecule has 1 amide bonds. The molecule has 2 N–H and O–H groups in total. The highest BCUT2D eigenvalue weighted by Gasteiger charge is 2.15. The number of nitrogens with one attached hydrogen (secondary N) is 1. The van der Waals surface area contributed by atoms with E-state index in [9.17, 15) is 9.90 Å². The van der Waals surface area contributed by atoms with E-state index in [1.54, 1.807) is 0 Å². The maximum Gasteiger partial charge on any atom is 0.234 e. The third kappa shape index (κ3) is 4.94. The van der Waals surface area contributed by atoms with E-state index in [1.807, 2.05) is 50.1 Å². The molecule has 1 unspecified atom stereocenters. The van der Waals surface area contributed by atoms with Crippen molar-refractivity contribution in [1.29, 1.82) is 0 Å². The van der Waals surface area contributed by atoms with Crippen molar-refractivity contribution in [1.82, 2.24) is 10.2 Å². The first-order chi connectivity index (χ1) is 9.47. The topological polar surface area (TPSA) is 52.6 Å². The number of hydrogen-bond acceptors (Lipinski definition) is 3. The Bertz CT molecular complexity index is 415. The molecule has 0 fully saturated rings. The van der Waals surface area contributed by atoms with Crippen LogP contribution in [0.5, 0.6) is 0 Å². The molecule has 1 rings (SSSR count). The molecule has 0 bridgehead atoms. The largest absolute Gasteiger partial charge is 0.394 e. The van der Waals surface area contributed by atoms with Crippen molar-refractivity contribution < 1.29 is 9.90 Å².